The van der Waals surface area contributed by atoms with Gasteiger partial charge in [0, 0.05) is 61.2 Å². The molecule has 0 aliphatic carbocycles. The summed E-state index contributed by atoms with van der Waals surface area (Å²) < 4.78 is 144. The molecule has 0 amide bonds. The Balaban J connectivity index is 0.000000264. The average molecular weight is 956 g/mol. The molecule has 8 aromatic rings. The van der Waals surface area contributed by atoms with Crippen LogP contribution in [0.25, 0.3) is 66.7 Å². The van der Waals surface area contributed by atoms with Crippen molar-refractivity contribution >= 4 is 21.9 Å². The summed E-state index contributed by atoms with van der Waals surface area (Å²) >= 11 is 0. The number of aryl methyl sites for hydroxylation is 5. The molecule has 3 aromatic heterocycles. The van der Waals surface area contributed by atoms with E-state index in [2.05, 4.69) is 22.1 Å². The third-order valence-electron chi connectivity index (χ3n) is 9.46. The minimum atomic E-state index is -2.69. The molecule has 8 rings (SSSR count). The van der Waals surface area contributed by atoms with Gasteiger partial charge in [-0.3, -0.25) is 0 Å². The Bertz CT molecular complexity index is 3360. The quantitative estimate of drug-likeness (QED) is 0.161. The van der Waals surface area contributed by atoms with E-state index >= 15 is 0 Å². The van der Waals surface area contributed by atoms with Gasteiger partial charge in [-0.2, -0.15) is 0 Å². The SMILES string of the molecule is [2H]C([2H])([2H])c1c[c-]c(-c2ccc(C([2H])([2H])C(C)(C)C)cn2)cc1-c1ccccc1.[2H]C([2H])([2H])c1cc(C([2H])([2H])[2H])c2oc3c(-c4cc(-c5ccc(C(C)(C)C)cc5C([2H])([2H])[2H])c(C([2H])([2H])[2H])cn4)[c-]ccc3c2c1.[Ir]. The van der Waals surface area contributed by atoms with Crippen LogP contribution in [0.15, 0.2) is 120 Å². The molecule has 4 heteroatoms. The minimum absolute atomic E-state index is 0. The Morgan fingerprint density at radius 2 is 1.41 bits per heavy atom. The molecule has 1 radical (unpaired) electrons. The monoisotopic (exact) mass is 956 g/mol. The summed E-state index contributed by atoms with van der Waals surface area (Å²) in [5.74, 6) is 0. The molecule has 0 saturated carbocycles. The van der Waals surface area contributed by atoms with Crippen molar-refractivity contribution in [3.8, 4) is 44.8 Å². The standard InChI is InChI=1S/C31H30NO.C23H24N.Ir/c1-18-13-20(3)29-27(14-18)24-9-8-10-25(30(24)33-29)28-16-26(21(4)17-32-28)23-12-11-22(15-19(23)2)31(5,6)7;1-17-10-12-20(14-21(17)19-8-6-5-7-9-19)22-13-11-18(16-24-22)15-23(2,3)4;/h8-9,11-17H,1-7H3;5-11,13-14,16H,15H2,1-4H3;/q2*-1;/i1D3,2D3,3D3,4D3;1D3,15D2;. The Kier molecular flexibility index (Phi) is 7.43. The van der Waals surface area contributed by atoms with Crippen LogP contribution >= 0.6 is 0 Å². The van der Waals surface area contributed by atoms with Gasteiger partial charge in [0.2, 0.25) is 0 Å². The van der Waals surface area contributed by atoms with E-state index in [0.717, 1.165) is 17.2 Å². The molecule has 0 N–H and O–H groups in total. The number of furan rings is 1. The first kappa shape index (κ1) is 25.4. The van der Waals surface area contributed by atoms with Crippen LogP contribution in [0.5, 0.6) is 0 Å². The van der Waals surface area contributed by atoms with E-state index in [0.29, 0.717) is 27.8 Å². The second kappa shape index (κ2) is 17.0. The van der Waals surface area contributed by atoms with E-state index in [-0.39, 0.29) is 92.3 Å². The molecular weight excluding hydrogens is 885 g/mol. The van der Waals surface area contributed by atoms with Crippen molar-refractivity contribution in [1.82, 2.24) is 9.97 Å². The molecule has 297 valence electrons. The van der Waals surface area contributed by atoms with Crippen LogP contribution in [0.1, 0.15) is 104 Å². The zero-order valence-electron chi connectivity index (χ0n) is 50.1. The molecule has 5 aromatic carbocycles. The summed E-state index contributed by atoms with van der Waals surface area (Å²) in [5, 5.41) is 0.693. The number of aromatic nitrogens is 2. The van der Waals surface area contributed by atoms with Gasteiger partial charge in [0.25, 0.3) is 0 Å². The number of nitrogens with zero attached hydrogens (tertiary/aromatic N) is 2. The molecule has 0 atom stereocenters. The summed E-state index contributed by atoms with van der Waals surface area (Å²) in [6, 6.07) is 34.4. The van der Waals surface area contributed by atoms with E-state index in [1.54, 1.807) is 54.7 Å². The molecule has 0 spiro atoms. The topological polar surface area (TPSA) is 38.9 Å². The number of fused-ring (bicyclic) bond motifs is 3. The van der Waals surface area contributed by atoms with Crippen molar-refractivity contribution in [2.24, 2.45) is 5.41 Å². The van der Waals surface area contributed by atoms with Gasteiger partial charge in [0.1, 0.15) is 5.58 Å². The predicted molar refractivity (Wildman–Crippen MR) is 241 cm³/mol. The first-order chi connectivity index (χ1) is 33.9. The predicted octanol–water partition coefficient (Wildman–Crippen LogP) is 14.8. The first-order valence-electron chi connectivity index (χ1n) is 27.1. The number of hydrogen-bond acceptors (Lipinski definition) is 3. The number of hydrogen-bond donors (Lipinski definition) is 0. The molecule has 0 bridgehead atoms. The minimum Gasteiger partial charge on any atom is -0.500 e. The Labute approximate surface area is 383 Å². The molecule has 0 aliphatic heterocycles. The summed E-state index contributed by atoms with van der Waals surface area (Å²) in [6.07, 6.45) is 1.20. The molecule has 3 nitrogen and oxygen atoms in total. The van der Waals surface area contributed by atoms with Gasteiger partial charge in [0.15, 0.2) is 0 Å². The molecule has 0 unspecified atom stereocenters. The van der Waals surface area contributed by atoms with Gasteiger partial charge in [-0.25, -0.2) is 0 Å². The summed E-state index contributed by atoms with van der Waals surface area (Å²) in [7, 11) is 0. The smallest absolute Gasteiger partial charge is 0.123 e. The zero-order chi connectivity index (χ0) is 54.9. The van der Waals surface area contributed by atoms with Crippen LogP contribution < -0.4 is 0 Å². The number of benzene rings is 5. The van der Waals surface area contributed by atoms with Gasteiger partial charge in [-0.1, -0.05) is 143 Å². The van der Waals surface area contributed by atoms with Gasteiger partial charge in [0.05, 0.1) is 5.58 Å². The van der Waals surface area contributed by atoms with Gasteiger partial charge in [-0.05, 0) is 107 Å². The Morgan fingerprint density at radius 3 is 2.10 bits per heavy atom. The third kappa shape index (κ3) is 9.25. The van der Waals surface area contributed by atoms with Crippen LogP contribution in [0.4, 0.5) is 0 Å². The van der Waals surface area contributed by atoms with E-state index in [1.165, 1.54) is 24.4 Å². The fraction of sp³-hybridized carbons (Fsp3) is 0.259. The summed E-state index contributed by atoms with van der Waals surface area (Å²) in [4.78, 5) is 8.85. The maximum atomic E-state index is 8.39. The van der Waals surface area contributed by atoms with Crippen molar-refractivity contribution in [2.75, 3.05) is 0 Å². The Morgan fingerprint density at radius 1 is 0.638 bits per heavy atom. The third-order valence-corrected chi connectivity index (χ3v) is 9.46. The van der Waals surface area contributed by atoms with E-state index in [4.69, 9.17) is 27.7 Å². The first-order valence-corrected chi connectivity index (χ1v) is 18.6. The maximum absolute atomic E-state index is 8.39. The number of pyridine rings is 2. The van der Waals surface area contributed by atoms with Crippen LogP contribution in [0.3, 0.4) is 0 Å². The fourth-order valence-corrected chi connectivity index (χ4v) is 6.65. The van der Waals surface area contributed by atoms with Crippen molar-refractivity contribution in [3.63, 3.8) is 0 Å². The molecule has 58 heavy (non-hydrogen) atoms. The zero-order valence-corrected chi connectivity index (χ0v) is 35.5. The van der Waals surface area contributed by atoms with E-state index < -0.39 is 46.0 Å². The normalized spacial score (nSPS) is 17.3. The van der Waals surface area contributed by atoms with E-state index in [1.807, 2.05) is 71.9 Å². The van der Waals surface area contributed by atoms with Crippen LogP contribution in [-0.4, -0.2) is 9.97 Å². The molecule has 3 heterocycles. The molecule has 0 saturated heterocycles. The summed E-state index contributed by atoms with van der Waals surface area (Å²) in [6.45, 7) is -1.29. The number of rotatable bonds is 5. The van der Waals surface area contributed by atoms with Crippen molar-refractivity contribution in [1.29, 1.82) is 0 Å². The van der Waals surface area contributed by atoms with Crippen LogP contribution in [0, 0.1) is 51.8 Å². The average Bonchev–Trinajstić information content (AvgIpc) is 3.68. The van der Waals surface area contributed by atoms with Crippen LogP contribution in [-0.2, 0) is 31.9 Å². The summed E-state index contributed by atoms with van der Waals surface area (Å²) in [5.41, 5.74) is 3.69. The fourth-order valence-electron chi connectivity index (χ4n) is 6.65. The molecule has 0 aliphatic rings. The van der Waals surface area contributed by atoms with Crippen molar-refractivity contribution in [3.05, 3.63) is 167 Å². The maximum Gasteiger partial charge on any atom is 0.123 e. The molecule has 0 fully saturated rings. The largest absolute Gasteiger partial charge is 0.500 e. The van der Waals surface area contributed by atoms with Crippen molar-refractivity contribution < 1.29 is 47.8 Å². The van der Waals surface area contributed by atoms with E-state index in [9.17, 15) is 0 Å². The van der Waals surface area contributed by atoms with Gasteiger partial charge in [-0.15, -0.1) is 47.5 Å². The molecular formula is C54H54IrN2O-2. The second-order valence-electron chi connectivity index (χ2n) is 16.1. The Hall–Kier alpha value is -5.15. The van der Waals surface area contributed by atoms with Crippen molar-refractivity contribution in [2.45, 2.75) is 87.6 Å². The van der Waals surface area contributed by atoms with Gasteiger partial charge >= 0.3 is 0 Å². The second-order valence-corrected chi connectivity index (χ2v) is 16.1. The van der Waals surface area contributed by atoms with Crippen LogP contribution in [0.2, 0.25) is 0 Å². The van der Waals surface area contributed by atoms with Gasteiger partial charge < -0.3 is 14.4 Å².